The molecule has 4 rings (SSSR count). The Morgan fingerprint density at radius 3 is 2.42 bits per heavy atom. The van der Waals surface area contributed by atoms with Crippen LogP contribution in [0.3, 0.4) is 0 Å². The van der Waals surface area contributed by atoms with Crippen molar-refractivity contribution in [1.82, 2.24) is 5.32 Å². The van der Waals surface area contributed by atoms with E-state index in [1.807, 2.05) is 56.3 Å². The maximum Gasteiger partial charge on any atom is 0.336 e. The van der Waals surface area contributed by atoms with Crippen molar-refractivity contribution < 1.29 is 23.9 Å². The number of ether oxygens (including phenoxy) is 2. The van der Waals surface area contributed by atoms with Crippen molar-refractivity contribution in [1.29, 1.82) is 0 Å². The van der Waals surface area contributed by atoms with Gasteiger partial charge in [-0.3, -0.25) is 9.59 Å². The van der Waals surface area contributed by atoms with Crippen LogP contribution in [0.5, 0.6) is 0 Å². The molecule has 0 aromatic heterocycles. The van der Waals surface area contributed by atoms with Crippen LogP contribution in [0.4, 0.5) is 0 Å². The second-order valence-corrected chi connectivity index (χ2v) is 8.59. The first kappa shape index (κ1) is 22.8. The quantitative estimate of drug-likeness (QED) is 0.540. The van der Waals surface area contributed by atoms with E-state index < -0.39 is 23.8 Å². The molecule has 1 aliphatic heterocycles. The molecule has 0 spiro atoms. The highest BCUT2D eigenvalue weighted by Crippen LogP contribution is 2.45. The smallest absolute Gasteiger partial charge is 0.336 e. The van der Waals surface area contributed by atoms with E-state index in [-0.39, 0.29) is 24.9 Å². The van der Waals surface area contributed by atoms with Gasteiger partial charge in [-0.2, -0.15) is 0 Å². The summed E-state index contributed by atoms with van der Waals surface area (Å²) in [6, 6.07) is 13.9. The molecule has 2 aliphatic rings. The molecule has 2 aromatic carbocycles. The third kappa shape index (κ3) is 4.06. The molecule has 6 heteroatoms. The van der Waals surface area contributed by atoms with E-state index in [9.17, 15) is 14.4 Å². The Labute approximate surface area is 193 Å². The molecular formula is C27H29NO5. The van der Waals surface area contributed by atoms with Crippen molar-refractivity contribution in [2.75, 3.05) is 13.2 Å². The van der Waals surface area contributed by atoms with Gasteiger partial charge in [0.1, 0.15) is 5.92 Å². The Morgan fingerprint density at radius 2 is 1.73 bits per heavy atom. The average molecular weight is 448 g/mol. The van der Waals surface area contributed by atoms with Crippen molar-refractivity contribution in [3.8, 4) is 0 Å². The minimum Gasteiger partial charge on any atom is -0.465 e. The van der Waals surface area contributed by atoms with Crippen LogP contribution in [0.15, 0.2) is 65.0 Å². The lowest BCUT2D eigenvalue weighted by atomic mass is 9.69. The van der Waals surface area contributed by atoms with E-state index in [0.29, 0.717) is 23.3 Å². The molecular weight excluding hydrogens is 418 g/mol. The number of esters is 2. The predicted molar refractivity (Wildman–Crippen MR) is 125 cm³/mol. The van der Waals surface area contributed by atoms with Gasteiger partial charge in [-0.1, -0.05) is 49.4 Å². The molecule has 6 nitrogen and oxygen atoms in total. The van der Waals surface area contributed by atoms with Gasteiger partial charge in [-0.05, 0) is 49.4 Å². The highest BCUT2D eigenvalue weighted by Gasteiger charge is 2.47. The summed E-state index contributed by atoms with van der Waals surface area (Å²) in [5.41, 5.74) is 3.10. The van der Waals surface area contributed by atoms with E-state index in [4.69, 9.17) is 9.47 Å². The zero-order chi connectivity index (χ0) is 23.7. The van der Waals surface area contributed by atoms with Gasteiger partial charge in [-0.15, -0.1) is 0 Å². The third-order valence-corrected chi connectivity index (χ3v) is 6.43. The summed E-state index contributed by atoms with van der Waals surface area (Å²) < 4.78 is 10.6. The first-order valence-corrected chi connectivity index (χ1v) is 11.4. The number of hydrogen-bond acceptors (Lipinski definition) is 6. The summed E-state index contributed by atoms with van der Waals surface area (Å²) in [6.45, 7) is 7.63. The van der Waals surface area contributed by atoms with Crippen LogP contribution < -0.4 is 5.32 Å². The summed E-state index contributed by atoms with van der Waals surface area (Å²) in [6.07, 6.45) is 0.516. The molecule has 1 N–H and O–H groups in total. The normalized spacial score (nSPS) is 22.7. The number of benzene rings is 2. The number of rotatable bonds is 5. The van der Waals surface area contributed by atoms with Crippen LogP contribution in [0, 0.1) is 11.8 Å². The summed E-state index contributed by atoms with van der Waals surface area (Å²) >= 11 is 0. The lowest BCUT2D eigenvalue weighted by Gasteiger charge is -2.38. The van der Waals surface area contributed by atoms with E-state index >= 15 is 0 Å². The topological polar surface area (TPSA) is 81.7 Å². The highest BCUT2D eigenvalue weighted by molar-refractivity contribution is 6.12. The molecule has 0 saturated carbocycles. The van der Waals surface area contributed by atoms with Crippen molar-refractivity contribution in [2.45, 2.75) is 40.0 Å². The van der Waals surface area contributed by atoms with Crippen molar-refractivity contribution >= 4 is 28.5 Å². The number of dihydropyridines is 1. The lowest BCUT2D eigenvalue weighted by molar-refractivity contribution is -0.153. The minimum absolute atomic E-state index is 0.209. The Kier molecular flexibility index (Phi) is 6.36. The molecule has 2 aromatic rings. The van der Waals surface area contributed by atoms with E-state index in [2.05, 4.69) is 5.32 Å². The lowest BCUT2D eigenvalue weighted by Crippen LogP contribution is -2.43. The molecule has 1 aliphatic carbocycles. The number of carbonyl (C=O) groups is 3. The average Bonchev–Trinajstić information content (AvgIpc) is 2.78. The van der Waals surface area contributed by atoms with Crippen LogP contribution in [0.25, 0.3) is 10.8 Å². The first-order valence-electron chi connectivity index (χ1n) is 11.4. The Balaban J connectivity index is 1.89. The van der Waals surface area contributed by atoms with Gasteiger partial charge in [-0.25, -0.2) is 4.79 Å². The van der Waals surface area contributed by atoms with Gasteiger partial charge in [0.05, 0.1) is 18.8 Å². The fraction of sp³-hybridized carbons (Fsp3) is 0.370. The van der Waals surface area contributed by atoms with Crippen LogP contribution in [0.1, 0.15) is 45.6 Å². The predicted octanol–water partition coefficient (Wildman–Crippen LogP) is 4.41. The number of allylic oxidation sites excluding steroid dienone is 3. The molecule has 3 unspecified atom stereocenters. The van der Waals surface area contributed by atoms with Gasteiger partial charge < -0.3 is 14.8 Å². The van der Waals surface area contributed by atoms with Gasteiger partial charge in [0.15, 0.2) is 5.78 Å². The van der Waals surface area contributed by atoms with Crippen LogP contribution in [0.2, 0.25) is 0 Å². The summed E-state index contributed by atoms with van der Waals surface area (Å²) in [7, 11) is 0. The van der Waals surface area contributed by atoms with Gasteiger partial charge in [0.25, 0.3) is 0 Å². The SMILES string of the molecule is CCOC(=O)C1=C(C)NC2=C(C(=O)C(C(=O)OCC)C(C)C2)C1c1ccc2ccccc2c1. The third-order valence-electron chi connectivity index (χ3n) is 6.43. The van der Waals surface area contributed by atoms with E-state index in [0.717, 1.165) is 22.0 Å². The van der Waals surface area contributed by atoms with Crippen LogP contribution >= 0.6 is 0 Å². The zero-order valence-corrected chi connectivity index (χ0v) is 19.4. The largest absolute Gasteiger partial charge is 0.465 e. The number of hydrogen-bond donors (Lipinski definition) is 1. The summed E-state index contributed by atoms with van der Waals surface area (Å²) in [4.78, 5) is 39.6. The van der Waals surface area contributed by atoms with Gasteiger partial charge in [0.2, 0.25) is 0 Å². The first-order chi connectivity index (χ1) is 15.9. The Bertz CT molecular complexity index is 1190. The molecule has 1 heterocycles. The number of carbonyl (C=O) groups excluding carboxylic acids is 3. The molecule has 0 amide bonds. The minimum atomic E-state index is -0.893. The standard InChI is InChI=1S/C27H29NO5/c1-5-32-26(30)21-15(3)13-20-24(25(21)29)23(22(16(4)28-20)27(31)33-6-2)19-12-11-17-9-7-8-10-18(17)14-19/h7-12,14-15,21,23,28H,5-6,13H2,1-4H3. The summed E-state index contributed by atoms with van der Waals surface area (Å²) in [5.74, 6) is -3.00. The molecule has 33 heavy (non-hydrogen) atoms. The molecule has 172 valence electrons. The monoisotopic (exact) mass is 447 g/mol. The maximum atomic E-state index is 13.8. The molecule has 0 fully saturated rings. The number of nitrogens with one attached hydrogen (secondary N) is 1. The van der Waals surface area contributed by atoms with E-state index in [1.54, 1.807) is 13.8 Å². The van der Waals surface area contributed by atoms with Crippen molar-refractivity contribution in [2.24, 2.45) is 11.8 Å². The van der Waals surface area contributed by atoms with Crippen molar-refractivity contribution in [3.63, 3.8) is 0 Å². The number of fused-ring (bicyclic) bond motifs is 1. The molecule has 3 atom stereocenters. The van der Waals surface area contributed by atoms with Gasteiger partial charge in [0, 0.05) is 22.9 Å². The molecule has 0 radical (unpaired) electrons. The highest BCUT2D eigenvalue weighted by atomic mass is 16.5. The Hall–Kier alpha value is -3.41. The van der Waals surface area contributed by atoms with Crippen molar-refractivity contribution in [3.05, 3.63) is 70.6 Å². The van der Waals surface area contributed by atoms with E-state index in [1.165, 1.54) is 0 Å². The Morgan fingerprint density at radius 1 is 1.03 bits per heavy atom. The maximum absolute atomic E-state index is 13.8. The fourth-order valence-corrected chi connectivity index (χ4v) is 4.99. The fourth-order valence-electron chi connectivity index (χ4n) is 4.99. The van der Waals surface area contributed by atoms with Crippen LogP contribution in [-0.4, -0.2) is 30.9 Å². The number of ketones is 1. The van der Waals surface area contributed by atoms with Gasteiger partial charge >= 0.3 is 11.9 Å². The molecule has 0 saturated heterocycles. The summed E-state index contributed by atoms with van der Waals surface area (Å²) in [5, 5.41) is 5.36. The van der Waals surface area contributed by atoms with Crippen LogP contribution in [-0.2, 0) is 23.9 Å². The number of Topliss-reactive ketones (excluding diaryl/α,β-unsaturated/α-hetero) is 1. The zero-order valence-electron chi connectivity index (χ0n) is 19.4. The second-order valence-electron chi connectivity index (χ2n) is 8.59. The second kappa shape index (κ2) is 9.22. The molecule has 0 bridgehead atoms.